The number of hydrogen-bond acceptors (Lipinski definition) is 33. The lowest BCUT2D eigenvalue weighted by molar-refractivity contribution is -0.375. The van der Waals surface area contributed by atoms with Gasteiger partial charge in [-0.25, -0.2) is 4.79 Å². The van der Waals surface area contributed by atoms with E-state index in [2.05, 4.69) is 46.0 Å². The number of para-hydroxylation sites is 1. The Labute approximate surface area is 619 Å². The van der Waals surface area contributed by atoms with E-state index in [0.717, 1.165) is 5.57 Å². The smallest absolute Gasteiger partial charge is 0.340 e. The summed E-state index contributed by atoms with van der Waals surface area (Å²) in [5, 5.41) is 181. The number of nitrogens with two attached hydrogens (primary N) is 1. The van der Waals surface area contributed by atoms with Crippen LogP contribution in [0.5, 0.6) is 0 Å². The SMILES string of the molecule is CC(=O)N[C@H]1[C@H](O[C@H]2CC[C@]3(C)[C@H]4CC=C5[C@@H]6CC(C)(C)[C@@H](OC(=O)c7ccccc7N)C[C@]6(C(=O)O[C@@H]6O[C@@H](CO)[C@@H](O)[C@H](O)[C@H]6O[C@@H]6O[C@@H](C)[C@H](O[C@@H]7OC[C@@H](O)[C@H](O)[C@H]7O)[C@@H](O)[C@@H]6O)[C@H](O)C[C@@]5(C)[C@]4(C)CC[C@H]3C2(C)C)O[C@@H](CO[C@@H]2O[C@H](C)[C@H](O)[C@H](O)[C@H]2O[C@@H]2OC[C@@H](O)[C@H](O)[C@H]2O)[C@@H](O)[C@@H]1O. The first-order chi connectivity index (χ1) is 50.2. The second-order valence-corrected chi connectivity index (χ2v) is 33.8. The average molecular weight is 1530 g/mol. The molecule has 0 spiro atoms. The van der Waals surface area contributed by atoms with E-state index in [1.807, 2.05) is 13.8 Å². The van der Waals surface area contributed by atoms with Gasteiger partial charge in [0.2, 0.25) is 12.2 Å². The number of allylic oxidation sites excluding steroid dienone is 2. The molecule has 1 aromatic carbocycles. The van der Waals surface area contributed by atoms with Crippen LogP contribution >= 0.6 is 0 Å². The predicted octanol–water partition coefficient (Wildman–Crippen LogP) is -3.52. The molecule has 4 saturated carbocycles. The molecule has 1 aromatic rings. The molecular weight excluding hydrogens is 1420 g/mol. The van der Waals surface area contributed by atoms with Gasteiger partial charge in [0.15, 0.2) is 37.6 Å². The van der Waals surface area contributed by atoms with Crippen molar-refractivity contribution in [1.82, 2.24) is 5.32 Å². The van der Waals surface area contributed by atoms with E-state index in [4.69, 9.17) is 67.3 Å². The van der Waals surface area contributed by atoms with Crippen molar-refractivity contribution in [3.63, 3.8) is 0 Å². The maximum Gasteiger partial charge on any atom is 0.340 e. The van der Waals surface area contributed by atoms with Crippen molar-refractivity contribution < 1.29 is 158 Å². The van der Waals surface area contributed by atoms with Gasteiger partial charge in [-0.3, -0.25) is 9.59 Å². The van der Waals surface area contributed by atoms with Gasteiger partial charge in [0.05, 0.1) is 56.4 Å². The number of nitrogens with one attached hydrogen (secondary N) is 1. The first-order valence-corrected chi connectivity index (χ1v) is 37.3. The molecule has 0 radical (unpaired) electrons. The number of amides is 1. The number of aliphatic hydroxyl groups is 16. The molecule has 11 aliphatic rings. The number of ether oxygens (including phenoxy) is 13. The Morgan fingerprint density at radius 1 is 0.561 bits per heavy atom. The highest BCUT2D eigenvalue weighted by Gasteiger charge is 2.74. The first kappa shape index (κ1) is 82.5. The van der Waals surface area contributed by atoms with Crippen LogP contribution in [0.2, 0.25) is 0 Å². The Kier molecular flexibility index (Phi) is 24.0. The largest absolute Gasteiger partial charge is 0.458 e. The molecule has 6 saturated heterocycles. The van der Waals surface area contributed by atoms with E-state index < -0.39 is 273 Å². The Hall–Kier alpha value is -3.91. The molecule has 1 amide bonds. The molecule has 107 heavy (non-hydrogen) atoms. The monoisotopic (exact) mass is 1530 g/mol. The van der Waals surface area contributed by atoms with Crippen molar-refractivity contribution in [3.05, 3.63) is 41.5 Å². The number of carbonyl (C=O) groups excluding carboxylic acids is 3. The number of esters is 2. The zero-order valence-corrected chi connectivity index (χ0v) is 61.8. The minimum Gasteiger partial charge on any atom is -0.458 e. The lowest BCUT2D eigenvalue weighted by Crippen LogP contribution is -2.70. The minimum atomic E-state index is -2.06. The van der Waals surface area contributed by atoms with Crippen molar-refractivity contribution in [2.24, 2.45) is 50.2 Å². The highest BCUT2D eigenvalue weighted by molar-refractivity contribution is 5.95. The number of hydrogen-bond donors (Lipinski definition) is 18. The van der Waals surface area contributed by atoms with Crippen LogP contribution in [0, 0.1) is 50.2 Å². The summed E-state index contributed by atoms with van der Waals surface area (Å²) in [7, 11) is 0. The summed E-state index contributed by atoms with van der Waals surface area (Å²) in [4.78, 5) is 43.4. The molecule has 34 heteroatoms. The van der Waals surface area contributed by atoms with Gasteiger partial charge in [0, 0.05) is 24.4 Å². The predicted molar refractivity (Wildman–Crippen MR) is 362 cm³/mol. The fraction of sp³-hybridized carbons (Fsp3) is 0.849. The van der Waals surface area contributed by atoms with Gasteiger partial charge >= 0.3 is 11.9 Å². The summed E-state index contributed by atoms with van der Waals surface area (Å²) in [5.74, 6) is -3.47. The van der Waals surface area contributed by atoms with Crippen LogP contribution in [-0.4, -0.2) is 316 Å². The number of aliphatic hydroxyl groups excluding tert-OH is 16. The zero-order valence-electron chi connectivity index (χ0n) is 61.8. The van der Waals surface area contributed by atoms with E-state index in [1.165, 1.54) is 32.9 Å². The molecule has 6 heterocycles. The summed E-state index contributed by atoms with van der Waals surface area (Å²) in [6.07, 6.45) is -43.4. The van der Waals surface area contributed by atoms with Gasteiger partial charge in [-0.05, 0) is 110 Å². The van der Waals surface area contributed by atoms with Crippen LogP contribution in [0.25, 0.3) is 0 Å². The Morgan fingerprint density at radius 3 is 1.77 bits per heavy atom. The summed E-state index contributed by atoms with van der Waals surface area (Å²) in [6.45, 7) is 16.4. The summed E-state index contributed by atoms with van der Waals surface area (Å²) in [5.41, 5.74) is 1.82. The lowest BCUT2D eigenvalue weighted by atomic mass is 9.33. The Morgan fingerprint density at radius 2 is 1.13 bits per heavy atom. The van der Waals surface area contributed by atoms with Gasteiger partial charge in [0.25, 0.3) is 0 Å². The standard InChI is InChI=1S/C73H112N2O32/c1-28-45(81)51(87)58(105-63-55(91)47(83)36(79)26-96-63)65(98-28)97-27-38-49(85)50(86)44(75-30(3)77)61(101-38)103-42-18-19-70(8)39(69(42,6)7)17-20-71(9)40(70)16-15-32-33-21-68(4,5)43(102-60(93)31-13-11-12-14-34(31)74)23-73(33,41(80)22-72(32,71)10)67(94)107-66-59(52(88)48(84)37(24-76)100-66)106-64-56(92)53(89)57(29(2)99-64)104-62-54(90)46(82)35(78)25-95-62/h11-15,28-29,33,35-59,61-66,76,78-92H,16-27,74H2,1-10H3,(H,75,77)/t28-,29+,33+,35-,36-,37+,38+,39+,40-,41-,42+,43+,44-,45+,46+,47+,48-,49-,50-,51+,52+,53+,54-,55-,56+,57+,58-,59-,61+,62+,63+,64+,65-,66+,70+,71-,72-,73-/m1/s1. The Balaban J connectivity index is 0.809. The van der Waals surface area contributed by atoms with Crippen molar-refractivity contribution in [2.45, 2.75) is 311 Å². The molecule has 34 nitrogen and oxygen atoms in total. The van der Waals surface area contributed by atoms with Gasteiger partial charge in [-0.15, -0.1) is 0 Å². The van der Waals surface area contributed by atoms with E-state index >= 15 is 4.79 Å². The van der Waals surface area contributed by atoms with Crippen molar-refractivity contribution in [3.8, 4) is 0 Å². The fourth-order valence-corrected chi connectivity index (χ4v) is 20.3. The van der Waals surface area contributed by atoms with Gasteiger partial charge in [0.1, 0.15) is 127 Å². The van der Waals surface area contributed by atoms with E-state index in [9.17, 15) is 91.3 Å². The molecule has 6 aliphatic heterocycles. The van der Waals surface area contributed by atoms with Crippen molar-refractivity contribution in [2.75, 3.05) is 32.2 Å². The summed E-state index contributed by atoms with van der Waals surface area (Å²) < 4.78 is 79.1. The summed E-state index contributed by atoms with van der Waals surface area (Å²) in [6, 6.07) is 5.00. The van der Waals surface area contributed by atoms with Crippen LogP contribution in [0.3, 0.4) is 0 Å². The molecular formula is C73H112N2O32. The van der Waals surface area contributed by atoms with Crippen LogP contribution in [0.1, 0.15) is 131 Å². The maximum absolute atomic E-state index is 16.2. The number of anilines is 1. The fourth-order valence-electron chi connectivity index (χ4n) is 20.3. The average Bonchev–Trinajstić information content (AvgIpc) is 0.669. The second-order valence-electron chi connectivity index (χ2n) is 33.8. The van der Waals surface area contributed by atoms with E-state index in [0.29, 0.717) is 32.1 Å². The van der Waals surface area contributed by atoms with E-state index in [-0.39, 0.29) is 42.3 Å². The van der Waals surface area contributed by atoms with Crippen molar-refractivity contribution in [1.29, 1.82) is 0 Å². The lowest BCUT2D eigenvalue weighted by Gasteiger charge is -2.72. The number of carbonyl (C=O) groups is 3. The normalized spacial score (nSPS) is 50.3. The summed E-state index contributed by atoms with van der Waals surface area (Å²) >= 11 is 0. The zero-order chi connectivity index (χ0) is 78.0. The molecule has 10 fully saturated rings. The number of fused-ring (bicyclic) bond motifs is 7. The van der Waals surface area contributed by atoms with Crippen molar-refractivity contribution >= 4 is 23.5 Å². The van der Waals surface area contributed by atoms with E-state index in [1.54, 1.807) is 12.1 Å². The third-order valence-electron chi connectivity index (χ3n) is 26.8. The Bertz CT molecular complexity index is 3340. The maximum atomic E-state index is 16.2. The first-order valence-electron chi connectivity index (χ1n) is 37.3. The molecule has 19 N–H and O–H groups in total. The second kappa shape index (κ2) is 31.1. The molecule has 12 rings (SSSR count). The van der Waals surface area contributed by atoms with Gasteiger partial charge < -0.3 is 154 Å². The molecule has 0 aromatic heterocycles. The molecule has 606 valence electrons. The highest BCUT2D eigenvalue weighted by atomic mass is 16.8. The van der Waals surface area contributed by atoms with Crippen LogP contribution in [-0.2, 0) is 71.2 Å². The number of benzene rings is 1. The minimum absolute atomic E-state index is 0.0341. The highest BCUT2D eigenvalue weighted by Crippen LogP contribution is 2.76. The third kappa shape index (κ3) is 14.6. The van der Waals surface area contributed by atoms with Crippen LogP contribution in [0.15, 0.2) is 35.9 Å². The number of rotatable bonds is 17. The van der Waals surface area contributed by atoms with Gasteiger partial charge in [-0.2, -0.15) is 0 Å². The van der Waals surface area contributed by atoms with Crippen LogP contribution in [0.4, 0.5) is 5.69 Å². The molecule has 0 unspecified atom stereocenters. The third-order valence-corrected chi connectivity index (χ3v) is 26.8. The molecule has 5 aliphatic carbocycles. The molecule has 38 atom stereocenters. The quantitative estimate of drug-likeness (QED) is 0.0311. The molecule has 0 bridgehead atoms. The topological polar surface area (TPSA) is 533 Å². The van der Waals surface area contributed by atoms with Crippen LogP contribution < -0.4 is 11.1 Å². The number of nitrogen functional groups attached to an aromatic ring is 1. The van der Waals surface area contributed by atoms with Gasteiger partial charge in [-0.1, -0.05) is 72.2 Å².